The Bertz CT molecular complexity index is 140. The highest BCUT2D eigenvalue weighted by molar-refractivity contribution is 8.77. The van der Waals surface area contributed by atoms with E-state index >= 15 is 0 Å². The van der Waals surface area contributed by atoms with E-state index in [-0.39, 0.29) is 6.10 Å². The number of hydrogen-bond acceptors (Lipinski definition) is 3. The van der Waals surface area contributed by atoms with Gasteiger partial charge in [0.25, 0.3) is 0 Å². The minimum absolute atomic E-state index is 0.0828. The molecule has 1 aliphatic heterocycles. The highest BCUT2D eigenvalue weighted by Crippen LogP contribution is 2.39. The summed E-state index contributed by atoms with van der Waals surface area (Å²) in [6.07, 6.45) is 6.14. The predicted molar refractivity (Wildman–Crippen MR) is 67.8 cm³/mol. The van der Waals surface area contributed by atoms with Crippen molar-refractivity contribution in [3.63, 3.8) is 0 Å². The summed E-state index contributed by atoms with van der Waals surface area (Å²) in [5.41, 5.74) is 0. The lowest BCUT2D eigenvalue weighted by Crippen LogP contribution is -2.14. The molecule has 0 radical (unpaired) electrons. The summed E-state index contributed by atoms with van der Waals surface area (Å²) in [6.45, 7) is 4.18. The van der Waals surface area contributed by atoms with Gasteiger partial charge in [-0.15, -0.1) is 0 Å². The number of aliphatic hydroxyl groups is 1. The Hall–Kier alpha value is 0.660. The second kappa shape index (κ2) is 7.02. The van der Waals surface area contributed by atoms with Gasteiger partial charge in [-0.05, 0) is 25.2 Å². The molecule has 84 valence electrons. The summed E-state index contributed by atoms with van der Waals surface area (Å²) in [4.78, 5) is 0. The van der Waals surface area contributed by atoms with Crippen molar-refractivity contribution in [2.75, 3.05) is 5.75 Å². The first-order valence-electron chi connectivity index (χ1n) is 5.66. The van der Waals surface area contributed by atoms with Crippen LogP contribution >= 0.6 is 21.6 Å². The van der Waals surface area contributed by atoms with E-state index in [1.807, 2.05) is 10.8 Å². The van der Waals surface area contributed by atoms with Crippen molar-refractivity contribution in [1.29, 1.82) is 0 Å². The van der Waals surface area contributed by atoms with Crippen molar-refractivity contribution in [1.82, 2.24) is 0 Å². The largest absolute Gasteiger partial charge is 0.393 e. The van der Waals surface area contributed by atoms with E-state index in [0.29, 0.717) is 5.92 Å². The fraction of sp³-hybridized carbons (Fsp3) is 1.00. The molecular weight excluding hydrogens is 212 g/mol. The fourth-order valence-electron chi connectivity index (χ4n) is 1.62. The molecule has 1 heterocycles. The van der Waals surface area contributed by atoms with E-state index in [1.165, 1.54) is 31.4 Å². The third-order valence-electron chi connectivity index (χ3n) is 2.77. The third kappa shape index (κ3) is 4.94. The van der Waals surface area contributed by atoms with Gasteiger partial charge < -0.3 is 5.11 Å². The third-order valence-corrected chi connectivity index (χ3v) is 5.78. The topological polar surface area (TPSA) is 20.2 Å². The number of hydrogen-bond donors (Lipinski definition) is 1. The highest BCUT2D eigenvalue weighted by Gasteiger charge is 2.16. The lowest BCUT2D eigenvalue weighted by atomic mass is 10.0. The lowest BCUT2D eigenvalue weighted by Gasteiger charge is -2.14. The molecule has 0 aromatic rings. The van der Waals surface area contributed by atoms with Gasteiger partial charge in [-0.25, -0.2) is 0 Å². The summed E-state index contributed by atoms with van der Waals surface area (Å²) in [7, 11) is 4.08. The van der Waals surface area contributed by atoms with Gasteiger partial charge in [0.15, 0.2) is 0 Å². The van der Waals surface area contributed by atoms with Gasteiger partial charge >= 0.3 is 0 Å². The van der Waals surface area contributed by atoms with E-state index in [9.17, 15) is 5.11 Å². The van der Waals surface area contributed by atoms with Gasteiger partial charge in [-0.1, -0.05) is 48.3 Å². The first-order valence-corrected chi connectivity index (χ1v) is 8.04. The van der Waals surface area contributed by atoms with Crippen molar-refractivity contribution >= 4 is 21.6 Å². The molecule has 0 bridgehead atoms. The summed E-state index contributed by atoms with van der Waals surface area (Å²) >= 11 is 0. The van der Waals surface area contributed by atoms with E-state index in [4.69, 9.17) is 0 Å². The SMILES string of the molecule is CC(C)C(O)CCCCC1CCSS1. The van der Waals surface area contributed by atoms with Crippen LogP contribution in [-0.4, -0.2) is 22.2 Å². The molecular formula is C11H22OS2. The molecule has 0 spiro atoms. The highest BCUT2D eigenvalue weighted by atomic mass is 33.1. The van der Waals surface area contributed by atoms with Crippen LogP contribution in [0, 0.1) is 5.92 Å². The van der Waals surface area contributed by atoms with Crippen LogP contribution in [0.15, 0.2) is 0 Å². The van der Waals surface area contributed by atoms with E-state index in [0.717, 1.165) is 11.7 Å². The summed E-state index contributed by atoms with van der Waals surface area (Å²) in [5, 5.41) is 10.5. The maximum atomic E-state index is 9.61. The smallest absolute Gasteiger partial charge is 0.0563 e. The monoisotopic (exact) mass is 234 g/mol. The maximum Gasteiger partial charge on any atom is 0.0563 e. The van der Waals surface area contributed by atoms with Crippen molar-refractivity contribution < 1.29 is 5.11 Å². The van der Waals surface area contributed by atoms with Gasteiger partial charge in [0.05, 0.1) is 6.10 Å². The molecule has 1 saturated heterocycles. The van der Waals surface area contributed by atoms with Gasteiger partial charge in [0, 0.05) is 11.0 Å². The Labute approximate surface area is 95.8 Å². The van der Waals surface area contributed by atoms with Crippen molar-refractivity contribution in [2.24, 2.45) is 5.92 Å². The first-order chi connectivity index (χ1) is 6.70. The summed E-state index contributed by atoms with van der Waals surface area (Å²) in [5.74, 6) is 1.76. The lowest BCUT2D eigenvalue weighted by molar-refractivity contribution is 0.113. The van der Waals surface area contributed by atoms with Crippen LogP contribution in [0.1, 0.15) is 46.0 Å². The van der Waals surface area contributed by atoms with Crippen LogP contribution in [0.2, 0.25) is 0 Å². The minimum Gasteiger partial charge on any atom is -0.393 e. The van der Waals surface area contributed by atoms with Crippen LogP contribution in [-0.2, 0) is 0 Å². The molecule has 1 aliphatic rings. The van der Waals surface area contributed by atoms with E-state index in [2.05, 4.69) is 24.6 Å². The first kappa shape index (κ1) is 12.7. The second-order valence-corrected chi connectivity index (χ2v) is 7.21. The molecule has 2 atom stereocenters. The van der Waals surface area contributed by atoms with E-state index in [1.54, 1.807) is 0 Å². The van der Waals surface area contributed by atoms with Gasteiger partial charge in [0.2, 0.25) is 0 Å². The van der Waals surface area contributed by atoms with Gasteiger partial charge in [-0.3, -0.25) is 0 Å². The molecule has 0 saturated carbocycles. The Morgan fingerprint density at radius 2 is 2.14 bits per heavy atom. The van der Waals surface area contributed by atoms with Crippen molar-refractivity contribution in [2.45, 2.75) is 57.3 Å². The Kier molecular flexibility index (Phi) is 6.38. The number of rotatable bonds is 6. The molecule has 0 aromatic carbocycles. The fourth-order valence-corrected chi connectivity index (χ4v) is 4.65. The van der Waals surface area contributed by atoms with Crippen LogP contribution in [0.4, 0.5) is 0 Å². The Balaban J connectivity index is 1.93. The molecule has 0 aromatic heterocycles. The molecule has 1 nitrogen and oxygen atoms in total. The number of aliphatic hydroxyl groups excluding tert-OH is 1. The quantitative estimate of drug-likeness (QED) is 0.559. The molecule has 0 aliphatic carbocycles. The normalized spacial score (nSPS) is 24.4. The predicted octanol–water partition coefficient (Wildman–Crippen LogP) is 3.72. The van der Waals surface area contributed by atoms with Crippen LogP contribution in [0.5, 0.6) is 0 Å². The zero-order valence-electron chi connectivity index (χ0n) is 9.24. The van der Waals surface area contributed by atoms with Crippen molar-refractivity contribution in [3.05, 3.63) is 0 Å². The molecule has 14 heavy (non-hydrogen) atoms. The molecule has 0 amide bonds. The van der Waals surface area contributed by atoms with Crippen LogP contribution in [0.3, 0.4) is 0 Å². The van der Waals surface area contributed by atoms with Crippen LogP contribution < -0.4 is 0 Å². The van der Waals surface area contributed by atoms with Crippen LogP contribution in [0.25, 0.3) is 0 Å². The second-order valence-electron chi connectivity index (χ2n) is 4.42. The zero-order chi connectivity index (χ0) is 10.4. The number of unbranched alkanes of at least 4 members (excludes halogenated alkanes) is 1. The van der Waals surface area contributed by atoms with Gasteiger partial charge in [0.1, 0.15) is 0 Å². The summed E-state index contributed by atoms with van der Waals surface area (Å²) in [6, 6.07) is 0. The molecule has 3 heteroatoms. The summed E-state index contributed by atoms with van der Waals surface area (Å²) < 4.78 is 0. The van der Waals surface area contributed by atoms with Crippen molar-refractivity contribution in [3.8, 4) is 0 Å². The standard InChI is InChI=1S/C11H22OS2/c1-9(2)11(12)6-4-3-5-10-7-8-13-14-10/h9-12H,3-8H2,1-2H3. The molecule has 1 rings (SSSR count). The average Bonchev–Trinajstić information content (AvgIpc) is 2.64. The van der Waals surface area contributed by atoms with Gasteiger partial charge in [-0.2, -0.15) is 0 Å². The molecule has 1 fully saturated rings. The molecule has 2 unspecified atom stereocenters. The maximum absolute atomic E-state index is 9.61. The Morgan fingerprint density at radius 1 is 1.36 bits per heavy atom. The minimum atomic E-state index is -0.0828. The Morgan fingerprint density at radius 3 is 2.71 bits per heavy atom. The van der Waals surface area contributed by atoms with E-state index < -0.39 is 0 Å². The molecule has 1 N–H and O–H groups in total. The average molecular weight is 234 g/mol. The zero-order valence-corrected chi connectivity index (χ0v) is 10.9.